The molecule has 1 aliphatic rings. The van der Waals surface area contributed by atoms with Gasteiger partial charge in [-0.1, -0.05) is 36.4 Å². The van der Waals surface area contributed by atoms with Crippen LogP contribution in [-0.2, 0) is 11.3 Å². The van der Waals surface area contributed by atoms with Gasteiger partial charge < -0.3 is 10.2 Å². The number of carbonyl (C=O) groups is 1. The monoisotopic (exact) mass is 441 g/mol. The Balaban J connectivity index is 1.66. The molecule has 0 unspecified atom stereocenters. The highest BCUT2D eigenvalue weighted by Gasteiger charge is 2.31. The molecular weight excluding hydrogens is 413 g/mol. The Kier molecular flexibility index (Phi) is 7.52. The first kappa shape index (κ1) is 23.0. The molecule has 0 aliphatic carbocycles. The van der Waals surface area contributed by atoms with Crippen LogP contribution in [0, 0.1) is 5.82 Å². The Morgan fingerprint density at radius 1 is 1.19 bits per heavy atom. The third kappa shape index (κ3) is 6.18. The van der Waals surface area contributed by atoms with Crippen molar-refractivity contribution >= 4 is 29.3 Å². The van der Waals surface area contributed by atoms with Crippen LogP contribution in [0.1, 0.15) is 31.9 Å². The van der Waals surface area contributed by atoms with Crippen molar-refractivity contribution in [3.05, 3.63) is 82.8 Å². The van der Waals surface area contributed by atoms with Gasteiger partial charge >= 0.3 is 0 Å². The van der Waals surface area contributed by atoms with Crippen LogP contribution in [-0.4, -0.2) is 40.9 Å². The van der Waals surface area contributed by atoms with Gasteiger partial charge in [-0.2, -0.15) is 0 Å². The van der Waals surface area contributed by atoms with Gasteiger partial charge in [0.15, 0.2) is 0 Å². The number of halogens is 2. The maximum atomic E-state index is 13.2. The number of rotatable bonds is 6. The number of allylic oxidation sites excluding steroid dienone is 1. The number of hydrogen-bond acceptors (Lipinski definition) is 3. The lowest BCUT2D eigenvalue weighted by Crippen LogP contribution is -2.57. The summed E-state index contributed by atoms with van der Waals surface area (Å²) in [6.45, 7) is 12.1. The van der Waals surface area contributed by atoms with Crippen LogP contribution >= 0.6 is 11.6 Å². The minimum atomic E-state index is -0.227. The van der Waals surface area contributed by atoms with E-state index in [9.17, 15) is 9.18 Å². The average Bonchev–Trinajstić information content (AvgIpc) is 2.71. The second-order valence-electron chi connectivity index (χ2n) is 8.21. The fourth-order valence-corrected chi connectivity index (χ4v) is 3.99. The van der Waals surface area contributed by atoms with E-state index >= 15 is 0 Å². The Morgan fingerprint density at radius 3 is 2.58 bits per heavy atom. The SMILES string of the molecule is C=C(C)Nc1cc(Cl)ccc1/C=C/C(=O)N1C[C@H](C)N(Cc2ccc(F)cc2)C[C@H]1C. The first-order valence-corrected chi connectivity index (χ1v) is 10.8. The summed E-state index contributed by atoms with van der Waals surface area (Å²) in [5, 5.41) is 3.80. The quantitative estimate of drug-likeness (QED) is 0.596. The highest BCUT2D eigenvalue weighted by molar-refractivity contribution is 6.31. The summed E-state index contributed by atoms with van der Waals surface area (Å²) in [5.41, 5.74) is 3.55. The van der Waals surface area contributed by atoms with Gasteiger partial charge in [-0.15, -0.1) is 0 Å². The number of piperazine rings is 1. The molecule has 1 fully saturated rings. The number of anilines is 1. The summed E-state index contributed by atoms with van der Waals surface area (Å²) in [6.07, 6.45) is 3.43. The zero-order valence-electron chi connectivity index (χ0n) is 18.2. The Morgan fingerprint density at radius 2 is 1.90 bits per heavy atom. The van der Waals surface area contributed by atoms with Gasteiger partial charge in [0.2, 0.25) is 5.91 Å². The third-order valence-corrected chi connectivity index (χ3v) is 5.70. The van der Waals surface area contributed by atoms with Crippen molar-refractivity contribution in [3.63, 3.8) is 0 Å². The molecule has 2 atom stereocenters. The van der Waals surface area contributed by atoms with Crippen molar-refractivity contribution in [1.29, 1.82) is 0 Å². The zero-order valence-corrected chi connectivity index (χ0v) is 19.0. The highest BCUT2D eigenvalue weighted by Crippen LogP contribution is 2.24. The van der Waals surface area contributed by atoms with E-state index in [2.05, 4.69) is 30.6 Å². The Labute approximate surface area is 189 Å². The molecule has 1 amide bonds. The number of amides is 1. The molecule has 4 nitrogen and oxygen atoms in total. The molecule has 0 radical (unpaired) electrons. The van der Waals surface area contributed by atoms with Gasteiger partial charge in [0.25, 0.3) is 0 Å². The van der Waals surface area contributed by atoms with Gasteiger partial charge in [-0.25, -0.2) is 4.39 Å². The lowest BCUT2D eigenvalue weighted by Gasteiger charge is -2.44. The molecule has 0 spiro atoms. The number of carbonyl (C=O) groups excluding carboxylic acids is 1. The van der Waals surface area contributed by atoms with Gasteiger partial charge in [0.05, 0.1) is 0 Å². The summed E-state index contributed by atoms with van der Waals surface area (Å²) in [6, 6.07) is 12.4. The number of benzene rings is 2. The molecule has 3 rings (SSSR count). The van der Waals surface area contributed by atoms with Crippen LogP contribution in [0.25, 0.3) is 6.08 Å². The average molecular weight is 442 g/mol. The predicted molar refractivity (Wildman–Crippen MR) is 126 cm³/mol. The minimum absolute atomic E-state index is 0.0167. The summed E-state index contributed by atoms with van der Waals surface area (Å²) >= 11 is 6.11. The van der Waals surface area contributed by atoms with E-state index < -0.39 is 0 Å². The second-order valence-corrected chi connectivity index (χ2v) is 8.65. The fraction of sp³-hybridized carbons (Fsp3) is 0.320. The van der Waals surface area contributed by atoms with Crippen LogP contribution in [0.2, 0.25) is 5.02 Å². The third-order valence-electron chi connectivity index (χ3n) is 5.47. The summed E-state index contributed by atoms with van der Waals surface area (Å²) in [4.78, 5) is 17.2. The van der Waals surface area contributed by atoms with Crippen molar-refractivity contribution in [3.8, 4) is 0 Å². The lowest BCUT2D eigenvalue weighted by molar-refractivity contribution is -0.131. The molecule has 164 valence electrons. The lowest BCUT2D eigenvalue weighted by atomic mass is 10.1. The normalized spacial score (nSPS) is 19.6. The smallest absolute Gasteiger partial charge is 0.246 e. The molecule has 1 heterocycles. The van der Waals surface area contributed by atoms with E-state index in [0.717, 1.165) is 35.6 Å². The molecule has 0 saturated carbocycles. The van der Waals surface area contributed by atoms with Crippen molar-refractivity contribution in [2.45, 2.75) is 39.4 Å². The van der Waals surface area contributed by atoms with Crippen molar-refractivity contribution in [2.75, 3.05) is 18.4 Å². The highest BCUT2D eigenvalue weighted by atomic mass is 35.5. The van der Waals surface area contributed by atoms with E-state index in [1.807, 2.05) is 42.2 Å². The molecular formula is C25H29ClFN3O. The molecule has 0 bridgehead atoms. The van der Waals surface area contributed by atoms with Gasteiger partial charge in [-0.3, -0.25) is 9.69 Å². The number of hydrogen-bond donors (Lipinski definition) is 1. The molecule has 1 N–H and O–H groups in total. The van der Waals surface area contributed by atoms with Crippen molar-refractivity contribution < 1.29 is 9.18 Å². The van der Waals surface area contributed by atoms with Crippen molar-refractivity contribution in [1.82, 2.24) is 9.80 Å². The molecule has 2 aromatic carbocycles. The van der Waals surface area contributed by atoms with Crippen LogP contribution in [0.4, 0.5) is 10.1 Å². The predicted octanol–water partition coefficient (Wildman–Crippen LogP) is 5.56. The summed E-state index contributed by atoms with van der Waals surface area (Å²) < 4.78 is 13.2. The molecule has 1 saturated heterocycles. The van der Waals surface area contributed by atoms with Crippen molar-refractivity contribution in [2.24, 2.45) is 0 Å². The second kappa shape index (κ2) is 10.1. The van der Waals surface area contributed by atoms with Crippen LogP contribution in [0.5, 0.6) is 0 Å². The minimum Gasteiger partial charge on any atom is -0.359 e. The molecule has 2 aromatic rings. The van der Waals surface area contributed by atoms with E-state index in [4.69, 9.17) is 11.6 Å². The van der Waals surface area contributed by atoms with Crippen LogP contribution in [0.15, 0.2) is 60.8 Å². The van der Waals surface area contributed by atoms with E-state index in [1.54, 1.807) is 12.1 Å². The van der Waals surface area contributed by atoms with E-state index in [-0.39, 0.29) is 23.8 Å². The molecule has 0 aromatic heterocycles. The number of nitrogens with zero attached hydrogens (tertiary/aromatic N) is 2. The Hall–Kier alpha value is -2.63. The number of nitrogens with one attached hydrogen (secondary N) is 1. The van der Waals surface area contributed by atoms with Gasteiger partial charge in [-0.05, 0) is 62.2 Å². The summed E-state index contributed by atoms with van der Waals surface area (Å²) in [7, 11) is 0. The Bertz CT molecular complexity index is 973. The van der Waals surface area contributed by atoms with E-state index in [1.165, 1.54) is 12.1 Å². The topological polar surface area (TPSA) is 35.6 Å². The largest absolute Gasteiger partial charge is 0.359 e. The zero-order chi connectivity index (χ0) is 22.5. The van der Waals surface area contributed by atoms with E-state index in [0.29, 0.717) is 11.6 Å². The van der Waals surface area contributed by atoms with Crippen LogP contribution < -0.4 is 5.32 Å². The first-order valence-electron chi connectivity index (χ1n) is 10.4. The molecule has 1 aliphatic heterocycles. The summed E-state index contributed by atoms with van der Waals surface area (Å²) in [5.74, 6) is -0.244. The maximum Gasteiger partial charge on any atom is 0.246 e. The van der Waals surface area contributed by atoms with Gasteiger partial charge in [0.1, 0.15) is 5.82 Å². The first-order chi connectivity index (χ1) is 14.7. The van der Waals surface area contributed by atoms with Gasteiger partial charge in [0, 0.05) is 54.2 Å². The standard InChI is InChI=1S/C25H29ClFN3O/c1-17(2)28-24-13-22(26)9-7-21(24)8-12-25(31)30-15-18(3)29(14-19(30)4)16-20-5-10-23(27)11-6-20/h5-13,18-19,28H,1,14-16H2,2-4H3/b12-8+/t18-,19+/m0/s1. The van der Waals surface area contributed by atoms with Crippen LogP contribution in [0.3, 0.4) is 0 Å². The fourth-order valence-electron chi connectivity index (χ4n) is 3.82. The molecule has 6 heteroatoms. The molecule has 31 heavy (non-hydrogen) atoms. The maximum absolute atomic E-state index is 13.2.